The van der Waals surface area contributed by atoms with Crippen molar-refractivity contribution in [1.29, 1.82) is 0 Å². The van der Waals surface area contributed by atoms with E-state index in [4.69, 9.17) is 4.74 Å². The number of anilines is 1. The summed E-state index contributed by atoms with van der Waals surface area (Å²) in [6.45, 7) is 5.70. The first-order chi connectivity index (χ1) is 10.9. The molecule has 2 aromatic carbocycles. The van der Waals surface area contributed by atoms with Gasteiger partial charge in [0.05, 0.1) is 0 Å². The number of ether oxygens (including phenoxy) is 1. The molecular formula is C18H19F2NO2. The van der Waals surface area contributed by atoms with Crippen LogP contribution in [0.25, 0.3) is 0 Å². The average Bonchev–Trinajstić information content (AvgIpc) is 2.50. The molecule has 0 bridgehead atoms. The molecule has 0 radical (unpaired) electrons. The van der Waals surface area contributed by atoms with Crippen molar-refractivity contribution in [1.82, 2.24) is 0 Å². The summed E-state index contributed by atoms with van der Waals surface area (Å²) in [7, 11) is 0. The topological polar surface area (TPSA) is 38.3 Å². The summed E-state index contributed by atoms with van der Waals surface area (Å²) < 4.78 is 31.9. The highest BCUT2D eigenvalue weighted by Gasteiger charge is 2.19. The summed E-state index contributed by atoms with van der Waals surface area (Å²) in [5.74, 6) is -1.74. The zero-order valence-electron chi connectivity index (χ0n) is 13.3. The van der Waals surface area contributed by atoms with Crippen LogP contribution in [0.4, 0.5) is 14.5 Å². The maximum atomic E-state index is 13.2. The third-order valence-corrected chi connectivity index (χ3v) is 3.45. The van der Waals surface area contributed by atoms with Gasteiger partial charge >= 0.3 is 0 Å². The Bertz CT molecular complexity index is 716. The Hall–Kier alpha value is -2.43. The van der Waals surface area contributed by atoms with Crippen molar-refractivity contribution in [3.8, 4) is 5.75 Å². The van der Waals surface area contributed by atoms with Crippen molar-refractivity contribution in [3.63, 3.8) is 0 Å². The number of benzene rings is 2. The van der Waals surface area contributed by atoms with Crippen molar-refractivity contribution >= 4 is 11.6 Å². The lowest BCUT2D eigenvalue weighted by atomic mass is 10.1. The molecule has 0 unspecified atom stereocenters. The maximum Gasteiger partial charge on any atom is 0.265 e. The number of halogens is 2. The van der Waals surface area contributed by atoms with E-state index in [1.807, 2.05) is 39.0 Å². The molecule has 0 heterocycles. The smallest absolute Gasteiger partial charge is 0.265 e. The van der Waals surface area contributed by atoms with Gasteiger partial charge < -0.3 is 10.1 Å². The highest BCUT2D eigenvalue weighted by Crippen LogP contribution is 2.21. The van der Waals surface area contributed by atoms with Crippen LogP contribution in [0, 0.1) is 25.5 Å². The largest absolute Gasteiger partial charge is 0.480 e. The molecule has 1 amide bonds. The average molecular weight is 319 g/mol. The SMILES string of the molecule is CC[C@@H](Oc1ccc(C)cc1C)C(=O)Nc1ccc(F)c(F)c1. The Morgan fingerprint density at radius 3 is 2.48 bits per heavy atom. The van der Waals surface area contributed by atoms with E-state index in [0.717, 1.165) is 23.3 Å². The van der Waals surface area contributed by atoms with Gasteiger partial charge in [0.15, 0.2) is 17.7 Å². The first-order valence-corrected chi connectivity index (χ1v) is 7.40. The van der Waals surface area contributed by atoms with Crippen molar-refractivity contribution in [3.05, 3.63) is 59.2 Å². The predicted octanol–water partition coefficient (Wildman–Crippen LogP) is 4.38. The molecule has 3 nitrogen and oxygen atoms in total. The van der Waals surface area contributed by atoms with Crippen LogP contribution in [0.2, 0.25) is 0 Å². The highest BCUT2D eigenvalue weighted by molar-refractivity contribution is 5.94. The van der Waals surface area contributed by atoms with Gasteiger partial charge in [0.25, 0.3) is 5.91 Å². The lowest BCUT2D eigenvalue weighted by Gasteiger charge is -2.19. The van der Waals surface area contributed by atoms with E-state index in [1.165, 1.54) is 6.07 Å². The monoisotopic (exact) mass is 319 g/mol. The highest BCUT2D eigenvalue weighted by atomic mass is 19.2. The van der Waals surface area contributed by atoms with Crippen molar-refractivity contribution in [2.75, 3.05) is 5.32 Å². The predicted molar refractivity (Wildman–Crippen MR) is 85.6 cm³/mol. The van der Waals surface area contributed by atoms with Crippen LogP contribution in [0.1, 0.15) is 24.5 Å². The van der Waals surface area contributed by atoms with Gasteiger partial charge in [0, 0.05) is 11.8 Å². The second kappa shape index (κ2) is 7.22. The molecule has 0 saturated carbocycles. The zero-order valence-corrected chi connectivity index (χ0v) is 13.3. The molecule has 0 aliphatic carbocycles. The van der Waals surface area contributed by atoms with E-state index < -0.39 is 23.6 Å². The summed E-state index contributed by atoms with van der Waals surface area (Å²) in [5, 5.41) is 2.54. The fraction of sp³-hybridized carbons (Fsp3) is 0.278. The van der Waals surface area contributed by atoms with Crippen LogP contribution < -0.4 is 10.1 Å². The Morgan fingerprint density at radius 1 is 1.13 bits per heavy atom. The summed E-state index contributed by atoms with van der Waals surface area (Å²) in [5.41, 5.74) is 2.23. The Balaban J connectivity index is 2.10. The van der Waals surface area contributed by atoms with Crippen molar-refractivity contribution in [2.45, 2.75) is 33.3 Å². The second-order valence-electron chi connectivity index (χ2n) is 5.40. The molecule has 0 aliphatic heterocycles. The lowest BCUT2D eigenvalue weighted by molar-refractivity contribution is -0.122. The first kappa shape index (κ1) is 16.9. The van der Waals surface area contributed by atoms with Gasteiger partial charge in [-0.2, -0.15) is 0 Å². The summed E-state index contributed by atoms with van der Waals surface area (Å²) in [6.07, 6.45) is -0.271. The van der Waals surface area contributed by atoms with Crippen molar-refractivity contribution < 1.29 is 18.3 Å². The number of hydrogen-bond donors (Lipinski definition) is 1. The van der Waals surface area contributed by atoms with Gasteiger partial charge in [-0.15, -0.1) is 0 Å². The van der Waals surface area contributed by atoms with E-state index in [2.05, 4.69) is 5.32 Å². The molecule has 122 valence electrons. The fourth-order valence-corrected chi connectivity index (χ4v) is 2.20. The molecule has 2 aromatic rings. The molecule has 5 heteroatoms. The number of rotatable bonds is 5. The lowest BCUT2D eigenvalue weighted by Crippen LogP contribution is -2.32. The quantitative estimate of drug-likeness (QED) is 0.888. The molecule has 23 heavy (non-hydrogen) atoms. The number of hydrogen-bond acceptors (Lipinski definition) is 2. The second-order valence-corrected chi connectivity index (χ2v) is 5.40. The first-order valence-electron chi connectivity index (χ1n) is 7.40. The Morgan fingerprint density at radius 2 is 1.87 bits per heavy atom. The molecule has 2 rings (SSSR count). The number of nitrogens with one attached hydrogen (secondary N) is 1. The van der Waals surface area contributed by atoms with Gasteiger partial charge in [-0.05, 0) is 44.0 Å². The third-order valence-electron chi connectivity index (χ3n) is 3.45. The molecule has 1 N–H and O–H groups in total. The zero-order chi connectivity index (χ0) is 17.0. The molecular weight excluding hydrogens is 300 g/mol. The number of amides is 1. The van der Waals surface area contributed by atoms with Crippen LogP contribution in [0.15, 0.2) is 36.4 Å². The van der Waals surface area contributed by atoms with Gasteiger partial charge in [-0.3, -0.25) is 4.79 Å². The van der Waals surface area contributed by atoms with E-state index in [0.29, 0.717) is 12.2 Å². The van der Waals surface area contributed by atoms with Gasteiger partial charge in [0.1, 0.15) is 5.75 Å². The van der Waals surface area contributed by atoms with Crippen LogP contribution in [0.5, 0.6) is 5.75 Å². The summed E-state index contributed by atoms with van der Waals surface area (Å²) in [6, 6.07) is 8.91. The van der Waals surface area contributed by atoms with E-state index in [1.54, 1.807) is 0 Å². The van der Waals surface area contributed by atoms with E-state index in [-0.39, 0.29) is 5.69 Å². The minimum Gasteiger partial charge on any atom is -0.480 e. The molecule has 0 spiro atoms. The minimum absolute atomic E-state index is 0.191. The van der Waals surface area contributed by atoms with Crippen LogP contribution in [-0.2, 0) is 4.79 Å². The minimum atomic E-state index is -1.01. The summed E-state index contributed by atoms with van der Waals surface area (Å²) in [4.78, 5) is 12.3. The Kier molecular flexibility index (Phi) is 5.32. The summed E-state index contributed by atoms with van der Waals surface area (Å²) >= 11 is 0. The molecule has 1 atom stereocenters. The third kappa shape index (κ3) is 4.28. The number of aryl methyl sites for hydroxylation is 2. The van der Waals surface area contributed by atoms with Gasteiger partial charge in [0.2, 0.25) is 0 Å². The fourth-order valence-electron chi connectivity index (χ4n) is 2.20. The van der Waals surface area contributed by atoms with Gasteiger partial charge in [-0.1, -0.05) is 24.6 Å². The number of carbonyl (C=O) groups is 1. The standard InChI is InChI=1S/C18H19F2NO2/c1-4-16(23-17-8-5-11(2)9-12(17)3)18(22)21-13-6-7-14(19)15(20)10-13/h5-10,16H,4H2,1-3H3,(H,21,22)/t16-/m1/s1. The van der Waals surface area contributed by atoms with E-state index in [9.17, 15) is 13.6 Å². The van der Waals surface area contributed by atoms with Crippen LogP contribution >= 0.6 is 0 Å². The van der Waals surface area contributed by atoms with Crippen LogP contribution in [-0.4, -0.2) is 12.0 Å². The van der Waals surface area contributed by atoms with E-state index >= 15 is 0 Å². The molecule has 0 aromatic heterocycles. The van der Waals surface area contributed by atoms with Crippen LogP contribution in [0.3, 0.4) is 0 Å². The Labute approximate surface area is 134 Å². The molecule has 0 fully saturated rings. The molecule has 0 aliphatic rings. The molecule has 0 saturated heterocycles. The van der Waals surface area contributed by atoms with Crippen molar-refractivity contribution in [2.24, 2.45) is 0 Å². The van der Waals surface area contributed by atoms with Gasteiger partial charge in [-0.25, -0.2) is 8.78 Å². The normalized spacial score (nSPS) is 11.9. The number of carbonyl (C=O) groups excluding carboxylic acids is 1. The maximum absolute atomic E-state index is 13.2.